The summed E-state index contributed by atoms with van der Waals surface area (Å²) in [6.45, 7) is 3.30. The smallest absolute Gasteiger partial charge is 0.185 e. The van der Waals surface area contributed by atoms with Gasteiger partial charge in [-0.15, -0.1) is 17.8 Å². The third-order valence-electron chi connectivity index (χ3n) is 3.75. The number of morpholine rings is 1. The Bertz CT molecular complexity index is 624. The highest BCUT2D eigenvalue weighted by molar-refractivity contribution is 7.10. The quantitative estimate of drug-likeness (QED) is 0.884. The van der Waals surface area contributed by atoms with E-state index in [1.54, 1.807) is 0 Å². The van der Waals surface area contributed by atoms with Gasteiger partial charge in [-0.3, -0.25) is 0 Å². The second-order valence-electron chi connectivity index (χ2n) is 4.98. The van der Waals surface area contributed by atoms with Crippen LogP contribution in [-0.2, 0) is 10.3 Å². The molecule has 1 aliphatic rings. The first-order valence-corrected chi connectivity index (χ1v) is 7.79. The van der Waals surface area contributed by atoms with Gasteiger partial charge in [0.05, 0.1) is 18.1 Å². The number of aliphatic hydroxyl groups is 1. The molecule has 1 atom stereocenters. The molecule has 1 saturated heterocycles. The number of benzene rings is 1. The van der Waals surface area contributed by atoms with Crippen molar-refractivity contribution in [2.45, 2.75) is 5.60 Å². The third-order valence-corrected chi connectivity index (χ3v) is 4.73. The van der Waals surface area contributed by atoms with Gasteiger partial charge < -0.3 is 14.7 Å². The van der Waals surface area contributed by atoms with Crippen molar-refractivity contribution in [1.82, 2.24) is 0 Å². The van der Waals surface area contributed by atoms with Crippen molar-refractivity contribution in [1.29, 1.82) is 0 Å². The Morgan fingerprint density at radius 3 is 2.48 bits per heavy atom. The molecule has 4 heteroatoms. The molecule has 1 aromatic heterocycles. The largest absolute Gasteiger partial charge is 0.378 e. The molecule has 0 aliphatic carbocycles. The second-order valence-corrected chi connectivity index (χ2v) is 5.93. The standard InChI is InChI=1S/C17H17NO2S/c1-2-17(19,16-4-3-13-21-16)14-5-7-15(8-6-14)18-9-11-20-12-10-18/h1,3-8,13,19H,9-12H2. The van der Waals surface area contributed by atoms with Crippen LogP contribution < -0.4 is 4.90 Å². The van der Waals surface area contributed by atoms with Crippen molar-refractivity contribution in [3.8, 4) is 12.3 Å². The summed E-state index contributed by atoms with van der Waals surface area (Å²) in [5, 5.41) is 12.7. The van der Waals surface area contributed by atoms with Gasteiger partial charge in [0.15, 0.2) is 5.60 Å². The third kappa shape index (κ3) is 2.68. The van der Waals surface area contributed by atoms with Gasteiger partial charge in [0.2, 0.25) is 0 Å². The van der Waals surface area contributed by atoms with E-state index in [9.17, 15) is 5.11 Å². The minimum atomic E-state index is -1.35. The topological polar surface area (TPSA) is 32.7 Å². The van der Waals surface area contributed by atoms with Crippen molar-refractivity contribution in [3.63, 3.8) is 0 Å². The molecule has 0 amide bonds. The number of nitrogens with zero attached hydrogens (tertiary/aromatic N) is 1. The first-order chi connectivity index (χ1) is 10.2. The Morgan fingerprint density at radius 2 is 1.90 bits per heavy atom. The van der Waals surface area contributed by atoms with Crippen LogP contribution in [0.3, 0.4) is 0 Å². The zero-order chi connectivity index (χ0) is 14.7. The lowest BCUT2D eigenvalue weighted by atomic mass is 9.93. The molecule has 2 heterocycles. The van der Waals surface area contributed by atoms with Gasteiger partial charge in [0, 0.05) is 24.3 Å². The Kier molecular flexibility index (Phi) is 3.98. The summed E-state index contributed by atoms with van der Waals surface area (Å²) >= 11 is 1.46. The molecule has 0 spiro atoms. The minimum absolute atomic E-state index is 0.726. The van der Waals surface area contributed by atoms with Crippen LogP contribution in [0, 0.1) is 12.3 Å². The number of hydrogen-bond acceptors (Lipinski definition) is 4. The van der Waals surface area contributed by atoms with E-state index in [2.05, 4.69) is 10.8 Å². The van der Waals surface area contributed by atoms with Crippen LogP contribution in [0.2, 0.25) is 0 Å². The van der Waals surface area contributed by atoms with Gasteiger partial charge >= 0.3 is 0 Å². The van der Waals surface area contributed by atoms with Crippen molar-refractivity contribution >= 4 is 17.0 Å². The van der Waals surface area contributed by atoms with Gasteiger partial charge in [-0.2, -0.15) is 0 Å². The first-order valence-electron chi connectivity index (χ1n) is 6.91. The highest BCUT2D eigenvalue weighted by Gasteiger charge is 2.30. The molecule has 108 valence electrons. The molecule has 0 bridgehead atoms. The Hall–Kier alpha value is -1.80. The van der Waals surface area contributed by atoms with E-state index >= 15 is 0 Å². The predicted octanol–water partition coefficient (Wildman–Crippen LogP) is 2.45. The van der Waals surface area contributed by atoms with Gasteiger partial charge in [-0.25, -0.2) is 0 Å². The summed E-state index contributed by atoms with van der Waals surface area (Å²) in [6, 6.07) is 11.6. The van der Waals surface area contributed by atoms with Crippen molar-refractivity contribution in [2.24, 2.45) is 0 Å². The number of thiophene rings is 1. The zero-order valence-electron chi connectivity index (χ0n) is 11.7. The first kappa shape index (κ1) is 14.2. The van der Waals surface area contributed by atoms with Gasteiger partial charge in [-0.1, -0.05) is 24.1 Å². The molecule has 1 fully saturated rings. The maximum atomic E-state index is 10.8. The average Bonchev–Trinajstić information content (AvgIpc) is 3.10. The predicted molar refractivity (Wildman–Crippen MR) is 85.6 cm³/mol. The number of terminal acetylenes is 1. The Morgan fingerprint density at radius 1 is 1.19 bits per heavy atom. The maximum absolute atomic E-state index is 10.8. The SMILES string of the molecule is C#CC(O)(c1ccc(N2CCOCC2)cc1)c1cccs1. The van der Waals surface area contributed by atoms with Crippen molar-refractivity contribution < 1.29 is 9.84 Å². The van der Waals surface area contributed by atoms with E-state index in [1.165, 1.54) is 11.3 Å². The van der Waals surface area contributed by atoms with Gasteiger partial charge in [-0.05, 0) is 23.6 Å². The van der Waals surface area contributed by atoms with E-state index in [0.29, 0.717) is 0 Å². The van der Waals surface area contributed by atoms with E-state index < -0.39 is 5.60 Å². The summed E-state index contributed by atoms with van der Waals surface area (Å²) in [7, 11) is 0. The van der Waals surface area contributed by atoms with E-state index in [1.807, 2.05) is 41.8 Å². The lowest BCUT2D eigenvalue weighted by molar-refractivity contribution is 0.122. The summed E-state index contributed by atoms with van der Waals surface area (Å²) < 4.78 is 5.36. The number of anilines is 1. The normalized spacial score (nSPS) is 18.0. The maximum Gasteiger partial charge on any atom is 0.185 e. The van der Waals surface area contributed by atoms with Crippen LogP contribution in [0.5, 0.6) is 0 Å². The molecule has 1 N–H and O–H groups in total. The highest BCUT2D eigenvalue weighted by Crippen LogP contribution is 2.33. The fraction of sp³-hybridized carbons (Fsp3) is 0.294. The van der Waals surface area contributed by atoms with Crippen LogP contribution in [0.25, 0.3) is 0 Å². The minimum Gasteiger partial charge on any atom is -0.378 e. The van der Waals surface area contributed by atoms with Crippen molar-refractivity contribution in [2.75, 3.05) is 31.2 Å². The van der Waals surface area contributed by atoms with Gasteiger partial charge in [0.1, 0.15) is 0 Å². The molecule has 1 aromatic carbocycles. The summed E-state index contributed by atoms with van der Waals surface area (Å²) in [4.78, 5) is 3.04. The molecular formula is C17H17NO2S. The van der Waals surface area contributed by atoms with Crippen molar-refractivity contribution in [3.05, 3.63) is 52.2 Å². The molecular weight excluding hydrogens is 282 g/mol. The molecule has 2 aromatic rings. The van der Waals surface area contributed by atoms with Crippen LogP contribution in [0.4, 0.5) is 5.69 Å². The summed E-state index contributed by atoms with van der Waals surface area (Å²) in [6.07, 6.45) is 5.59. The molecule has 3 rings (SSSR count). The lowest BCUT2D eigenvalue weighted by Crippen LogP contribution is -2.36. The molecule has 1 aliphatic heterocycles. The van der Waals surface area contributed by atoms with Crippen LogP contribution in [-0.4, -0.2) is 31.4 Å². The molecule has 0 radical (unpaired) electrons. The Labute approximate surface area is 128 Å². The molecule has 3 nitrogen and oxygen atoms in total. The van der Waals surface area contributed by atoms with Crippen LogP contribution >= 0.6 is 11.3 Å². The molecule has 0 saturated carbocycles. The Balaban J connectivity index is 1.88. The summed E-state index contributed by atoms with van der Waals surface area (Å²) in [5.74, 6) is 2.53. The van der Waals surface area contributed by atoms with E-state index in [0.717, 1.165) is 42.4 Å². The van der Waals surface area contributed by atoms with Gasteiger partial charge in [0.25, 0.3) is 0 Å². The summed E-state index contributed by atoms with van der Waals surface area (Å²) in [5.41, 5.74) is 0.509. The monoisotopic (exact) mass is 299 g/mol. The number of rotatable bonds is 3. The second kappa shape index (κ2) is 5.90. The zero-order valence-corrected chi connectivity index (χ0v) is 12.5. The fourth-order valence-corrected chi connectivity index (χ4v) is 3.32. The fourth-order valence-electron chi connectivity index (χ4n) is 2.52. The number of ether oxygens (including phenoxy) is 1. The lowest BCUT2D eigenvalue weighted by Gasteiger charge is -2.29. The average molecular weight is 299 g/mol. The van der Waals surface area contributed by atoms with E-state index in [4.69, 9.17) is 11.2 Å². The van der Waals surface area contributed by atoms with Crippen LogP contribution in [0.1, 0.15) is 10.4 Å². The highest BCUT2D eigenvalue weighted by atomic mass is 32.1. The van der Waals surface area contributed by atoms with Crippen LogP contribution in [0.15, 0.2) is 41.8 Å². The van der Waals surface area contributed by atoms with E-state index in [-0.39, 0.29) is 0 Å². The molecule has 1 unspecified atom stereocenters. The molecule has 21 heavy (non-hydrogen) atoms. The number of hydrogen-bond donors (Lipinski definition) is 1.